The third-order valence-electron chi connectivity index (χ3n) is 4.48. The summed E-state index contributed by atoms with van der Waals surface area (Å²) in [5.41, 5.74) is 1.62. The number of nitro groups is 1. The molecule has 0 fully saturated rings. The van der Waals surface area contributed by atoms with Crippen LogP contribution in [0.3, 0.4) is 0 Å². The Morgan fingerprint density at radius 3 is 1.58 bits per heavy atom. The normalized spacial score (nSPS) is 11.3. The van der Waals surface area contributed by atoms with E-state index in [0.29, 0.717) is 17.2 Å². The van der Waals surface area contributed by atoms with Gasteiger partial charge in [0.05, 0.1) is 35.8 Å². The van der Waals surface area contributed by atoms with Crippen LogP contribution >= 0.6 is 0 Å². The van der Waals surface area contributed by atoms with Crippen molar-refractivity contribution < 1.29 is 50.5 Å². The summed E-state index contributed by atoms with van der Waals surface area (Å²) in [4.78, 5) is 42.1. The molecule has 0 spiro atoms. The van der Waals surface area contributed by atoms with E-state index in [1.54, 1.807) is 0 Å². The molecule has 36 heavy (non-hydrogen) atoms. The second-order valence-corrected chi connectivity index (χ2v) is 6.76. The van der Waals surface area contributed by atoms with Crippen LogP contribution < -0.4 is 5.73 Å². The molecule has 0 bridgehead atoms. The highest BCUT2D eigenvalue weighted by molar-refractivity contribution is 5.98. The fourth-order valence-corrected chi connectivity index (χ4v) is 2.48. The lowest BCUT2D eigenvalue weighted by Crippen LogP contribution is -2.26. The summed E-state index contributed by atoms with van der Waals surface area (Å²) in [6.45, 7) is 0. The molecule has 2 rings (SSSR count). The fraction of sp³-hybridized carbons (Fsp3) is 0.300. The lowest BCUT2D eigenvalue weighted by Gasteiger charge is -2.16. The number of hydrogen-bond acceptors (Lipinski definition) is 7. The highest BCUT2D eigenvalue weighted by atomic mass is 19.4. The van der Waals surface area contributed by atoms with Crippen LogP contribution in [0.2, 0.25) is 0 Å². The first-order valence-corrected chi connectivity index (χ1v) is 9.42. The molecule has 10 nitrogen and oxygen atoms in total. The SMILES string of the molecule is CON(C)C(=O)c1ccc(C(F)(F)F)cc1N.CON(C)C(=O)c1ccc(C(F)(F)F)cc1[N+](=O)[O-]. The number of nitrogen functional groups attached to an aromatic ring is 1. The third-order valence-corrected chi connectivity index (χ3v) is 4.48. The van der Waals surface area contributed by atoms with Crippen LogP contribution in [0.5, 0.6) is 0 Å². The number of rotatable bonds is 5. The van der Waals surface area contributed by atoms with Crippen molar-refractivity contribution in [1.29, 1.82) is 0 Å². The zero-order valence-corrected chi connectivity index (χ0v) is 19.1. The maximum absolute atomic E-state index is 12.4. The molecule has 0 aromatic heterocycles. The number of anilines is 1. The van der Waals surface area contributed by atoms with Gasteiger partial charge in [0.2, 0.25) is 0 Å². The van der Waals surface area contributed by atoms with Crippen molar-refractivity contribution in [1.82, 2.24) is 10.1 Å². The van der Waals surface area contributed by atoms with E-state index in [2.05, 4.69) is 9.68 Å². The van der Waals surface area contributed by atoms with E-state index in [9.17, 15) is 46.0 Å². The Kier molecular flexibility index (Phi) is 9.76. The standard InChI is InChI=1S/C10H9F3N2O4.C10H11F3N2O2/c1-14(19-2)9(16)7-4-3-6(10(11,12)13)5-8(7)15(17)18;1-15(17-2)9(16)7-4-3-6(5-8(7)14)10(11,12)13/h3-5H,1-2H3;3-5H,14H2,1-2H3. The topological polar surface area (TPSA) is 128 Å². The van der Waals surface area contributed by atoms with Crippen LogP contribution in [0.25, 0.3) is 0 Å². The molecule has 0 saturated carbocycles. The van der Waals surface area contributed by atoms with Gasteiger partial charge in [-0.25, -0.2) is 10.1 Å². The van der Waals surface area contributed by atoms with Crippen molar-refractivity contribution in [3.05, 3.63) is 68.8 Å². The summed E-state index contributed by atoms with van der Waals surface area (Å²) in [5.74, 6) is -1.53. The first-order valence-electron chi connectivity index (χ1n) is 9.42. The summed E-state index contributed by atoms with van der Waals surface area (Å²) in [7, 11) is 4.93. The summed E-state index contributed by atoms with van der Waals surface area (Å²) in [6.07, 6.45) is -9.21. The maximum atomic E-state index is 12.4. The molecule has 0 saturated heterocycles. The second kappa shape index (κ2) is 11.7. The summed E-state index contributed by atoms with van der Waals surface area (Å²) >= 11 is 0. The summed E-state index contributed by atoms with van der Waals surface area (Å²) in [6, 6.07) is 4.21. The highest BCUT2D eigenvalue weighted by Crippen LogP contribution is 2.33. The zero-order chi connectivity index (χ0) is 28.0. The van der Waals surface area contributed by atoms with E-state index >= 15 is 0 Å². The van der Waals surface area contributed by atoms with E-state index in [1.807, 2.05) is 0 Å². The molecule has 2 N–H and O–H groups in total. The minimum Gasteiger partial charge on any atom is -0.398 e. The van der Waals surface area contributed by atoms with Gasteiger partial charge in [-0.15, -0.1) is 0 Å². The first-order chi connectivity index (χ1) is 16.4. The predicted molar refractivity (Wildman–Crippen MR) is 112 cm³/mol. The molecule has 0 aliphatic rings. The van der Waals surface area contributed by atoms with Crippen LogP contribution in [-0.2, 0) is 22.0 Å². The van der Waals surface area contributed by atoms with Crippen molar-refractivity contribution in [2.75, 3.05) is 34.0 Å². The van der Waals surface area contributed by atoms with Gasteiger partial charge in [-0.1, -0.05) is 0 Å². The monoisotopic (exact) mass is 526 g/mol. The molecule has 0 radical (unpaired) electrons. The maximum Gasteiger partial charge on any atom is 0.416 e. The van der Waals surface area contributed by atoms with Crippen LogP contribution in [-0.4, -0.2) is 55.2 Å². The highest BCUT2D eigenvalue weighted by Gasteiger charge is 2.34. The number of carbonyl (C=O) groups excluding carboxylic acids is 2. The Bertz CT molecular complexity index is 1120. The Morgan fingerprint density at radius 2 is 1.22 bits per heavy atom. The van der Waals surface area contributed by atoms with Crippen LogP contribution in [0.15, 0.2) is 36.4 Å². The molecular formula is C20H20F6N4O6. The van der Waals surface area contributed by atoms with Crippen molar-refractivity contribution in [3.8, 4) is 0 Å². The molecule has 16 heteroatoms. The fourth-order valence-electron chi connectivity index (χ4n) is 2.48. The van der Waals surface area contributed by atoms with Crippen molar-refractivity contribution in [3.63, 3.8) is 0 Å². The van der Waals surface area contributed by atoms with E-state index in [0.717, 1.165) is 36.4 Å². The largest absolute Gasteiger partial charge is 0.416 e. The van der Waals surface area contributed by atoms with Gasteiger partial charge in [-0.3, -0.25) is 29.4 Å². The van der Waals surface area contributed by atoms with Gasteiger partial charge >= 0.3 is 12.4 Å². The number of halogens is 6. The zero-order valence-electron chi connectivity index (χ0n) is 19.1. The van der Waals surface area contributed by atoms with Crippen molar-refractivity contribution in [2.45, 2.75) is 12.4 Å². The molecule has 2 amide bonds. The number of hydroxylamine groups is 4. The first kappa shape index (κ1) is 30.1. The molecular weight excluding hydrogens is 506 g/mol. The van der Waals surface area contributed by atoms with Crippen molar-refractivity contribution >= 4 is 23.2 Å². The smallest absolute Gasteiger partial charge is 0.398 e. The number of nitro benzene ring substituents is 1. The summed E-state index contributed by atoms with van der Waals surface area (Å²) in [5, 5.41) is 12.3. The Labute approximate surface area is 199 Å². The van der Waals surface area contributed by atoms with Gasteiger partial charge in [0, 0.05) is 25.8 Å². The number of hydrogen-bond donors (Lipinski definition) is 1. The molecule has 198 valence electrons. The Morgan fingerprint density at radius 1 is 0.833 bits per heavy atom. The lowest BCUT2D eigenvalue weighted by molar-refractivity contribution is -0.385. The second-order valence-electron chi connectivity index (χ2n) is 6.76. The molecule has 2 aromatic carbocycles. The quantitative estimate of drug-likeness (QED) is 0.268. The van der Waals surface area contributed by atoms with Crippen LogP contribution in [0.4, 0.5) is 37.7 Å². The van der Waals surface area contributed by atoms with E-state index in [-0.39, 0.29) is 11.3 Å². The number of amides is 2. The van der Waals surface area contributed by atoms with E-state index < -0.39 is 51.5 Å². The van der Waals surface area contributed by atoms with Gasteiger partial charge < -0.3 is 5.73 Å². The van der Waals surface area contributed by atoms with Gasteiger partial charge in [0.25, 0.3) is 17.5 Å². The molecule has 2 aromatic rings. The molecule has 0 heterocycles. The molecule has 0 aliphatic carbocycles. The predicted octanol–water partition coefficient (Wildman–Crippen LogP) is 4.17. The van der Waals surface area contributed by atoms with Crippen molar-refractivity contribution in [2.24, 2.45) is 0 Å². The average molecular weight is 526 g/mol. The van der Waals surface area contributed by atoms with Gasteiger partial charge in [0.15, 0.2) is 0 Å². The Hall–Kier alpha value is -3.92. The van der Waals surface area contributed by atoms with Crippen LogP contribution in [0, 0.1) is 10.1 Å². The van der Waals surface area contributed by atoms with Gasteiger partial charge in [-0.05, 0) is 30.3 Å². The molecule has 0 aliphatic heterocycles. The molecule has 0 unspecified atom stereocenters. The number of nitrogens with two attached hydrogens (primary N) is 1. The lowest BCUT2D eigenvalue weighted by atomic mass is 10.1. The minimum absolute atomic E-state index is 0.0395. The summed E-state index contributed by atoms with van der Waals surface area (Å²) < 4.78 is 74.4. The molecule has 0 atom stereocenters. The van der Waals surface area contributed by atoms with Gasteiger partial charge in [0.1, 0.15) is 5.56 Å². The average Bonchev–Trinajstić information content (AvgIpc) is 2.80. The number of benzene rings is 2. The van der Waals surface area contributed by atoms with Crippen LogP contribution in [0.1, 0.15) is 31.8 Å². The van der Waals surface area contributed by atoms with E-state index in [1.165, 1.54) is 21.2 Å². The number of alkyl halides is 6. The number of carbonyl (C=O) groups is 2. The number of nitrogens with zero attached hydrogens (tertiary/aromatic N) is 3. The van der Waals surface area contributed by atoms with Gasteiger partial charge in [-0.2, -0.15) is 26.3 Å². The van der Waals surface area contributed by atoms with E-state index in [4.69, 9.17) is 5.73 Å². The third kappa shape index (κ3) is 7.54. The Balaban J connectivity index is 0.000000362. The minimum atomic E-state index is -4.72.